The van der Waals surface area contributed by atoms with Crippen LogP contribution in [-0.2, 0) is 5.41 Å². The van der Waals surface area contributed by atoms with E-state index in [9.17, 15) is 4.39 Å². The van der Waals surface area contributed by atoms with Crippen LogP contribution < -0.4 is 0 Å². The Morgan fingerprint density at radius 2 is 1.94 bits per heavy atom. The third-order valence-electron chi connectivity index (χ3n) is 3.73. The van der Waals surface area contributed by atoms with Crippen LogP contribution in [0, 0.1) is 5.82 Å². The largest absolute Gasteiger partial charge is 0.205 e. The Morgan fingerprint density at radius 3 is 2.47 bits per heavy atom. The molecule has 0 aliphatic heterocycles. The molecule has 0 aliphatic rings. The Kier molecular flexibility index (Phi) is 5.45. The van der Waals surface area contributed by atoms with Gasteiger partial charge < -0.3 is 0 Å². The molecule has 0 radical (unpaired) electrons. The summed E-state index contributed by atoms with van der Waals surface area (Å²) in [5, 5.41) is 0.234. The van der Waals surface area contributed by atoms with E-state index in [-0.39, 0.29) is 16.3 Å². The van der Waals surface area contributed by atoms with E-state index in [0.29, 0.717) is 0 Å². The second-order valence-electron chi connectivity index (χ2n) is 5.00. The van der Waals surface area contributed by atoms with Crippen LogP contribution in [0.3, 0.4) is 0 Å². The Balaban J connectivity index is 2.87. The second-order valence-corrected chi connectivity index (χ2v) is 5.41. The maximum Gasteiger partial charge on any atom is 0.141 e. The van der Waals surface area contributed by atoms with Crippen molar-refractivity contribution < 1.29 is 4.39 Å². The van der Waals surface area contributed by atoms with Gasteiger partial charge in [0.1, 0.15) is 5.82 Å². The number of rotatable bonds is 6. The van der Waals surface area contributed by atoms with E-state index in [4.69, 9.17) is 11.6 Å². The van der Waals surface area contributed by atoms with Gasteiger partial charge in [-0.05, 0) is 36.0 Å². The number of hydrogen-bond acceptors (Lipinski definition) is 0. The van der Waals surface area contributed by atoms with Gasteiger partial charge in [-0.15, -0.1) is 0 Å². The summed E-state index contributed by atoms with van der Waals surface area (Å²) in [4.78, 5) is 0. The van der Waals surface area contributed by atoms with Gasteiger partial charge in [0, 0.05) is 0 Å². The summed E-state index contributed by atoms with van der Waals surface area (Å²) in [5.74, 6) is -0.331. The van der Waals surface area contributed by atoms with Crippen molar-refractivity contribution in [2.24, 2.45) is 0 Å². The van der Waals surface area contributed by atoms with Gasteiger partial charge in [-0.25, -0.2) is 4.39 Å². The molecule has 0 heterocycles. The van der Waals surface area contributed by atoms with Gasteiger partial charge in [-0.3, -0.25) is 0 Å². The predicted molar refractivity (Wildman–Crippen MR) is 73.2 cm³/mol. The lowest BCUT2D eigenvalue weighted by molar-refractivity contribution is 0.398. The van der Waals surface area contributed by atoms with Crippen LogP contribution >= 0.6 is 11.6 Å². The average molecular weight is 257 g/mol. The maximum absolute atomic E-state index is 13.2. The fourth-order valence-corrected chi connectivity index (χ4v) is 2.34. The first-order chi connectivity index (χ1) is 8.03. The molecule has 0 aromatic heterocycles. The summed E-state index contributed by atoms with van der Waals surface area (Å²) in [7, 11) is 0. The van der Waals surface area contributed by atoms with Crippen LogP contribution in [0.25, 0.3) is 0 Å². The van der Waals surface area contributed by atoms with Crippen molar-refractivity contribution >= 4 is 11.6 Å². The van der Waals surface area contributed by atoms with Gasteiger partial charge in [0.15, 0.2) is 0 Å². The first-order valence-electron chi connectivity index (χ1n) is 6.49. The van der Waals surface area contributed by atoms with E-state index in [1.165, 1.54) is 25.3 Å². The molecule has 1 atom stereocenters. The maximum atomic E-state index is 13.2. The van der Waals surface area contributed by atoms with Crippen LogP contribution in [0.15, 0.2) is 18.2 Å². The van der Waals surface area contributed by atoms with E-state index in [0.717, 1.165) is 18.4 Å². The quantitative estimate of drug-likeness (QED) is 0.571. The molecule has 96 valence electrons. The highest BCUT2D eigenvalue weighted by molar-refractivity contribution is 6.30. The molecular formula is C15H22ClF. The number of benzene rings is 1. The molecule has 0 saturated heterocycles. The molecule has 0 bridgehead atoms. The van der Waals surface area contributed by atoms with Gasteiger partial charge in [0.2, 0.25) is 0 Å². The van der Waals surface area contributed by atoms with Crippen molar-refractivity contribution in [2.75, 3.05) is 0 Å². The molecule has 1 aromatic carbocycles. The van der Waals surface area contributed by atoms with Gasteiger partial charge >= 0.3 is 0 Å². The zero-order valence-electron chi connectivity index (χ0n) is 11.0. The molecule has 1 unspecified atom stereocenters. The number of halogens is 2. The number of unbranched alkanes of at least 4 members (excludes halogenated alkanes) is 2. The van der Waals surface area contributed by atoms with Gasteiger partial charge in [-0.2, -0.15) is 0 Å². The van der Waals surface area contributed by atoms with E-state index in [1.807, 2.05) is 6.07 Å². The molecule has 0 fully saturated rings. The van der Waals surface area contributed by atoms with Crippen molar-refractivity contribution in [3.63, 3.8) is 0 Å². The zero-order valence-corrected chi connectivity index (χ0v) is 11.8. The van der Waals surface area contributed by atoms with Crippen molar-refractivity contribution in [3.05, 3.63) is 34.6 Å². The molecule has 0 spiro atoms. The topological polar surface area (TPSA) is 0 Å². The van der Waals surface area contributed by atoms with Crippen molar-refractivity contribution in [2.45, 2.75) is 58.3 Å². The standard InChI is InChI=1S/C15H22ClF/c1-4-6-7-10-15(3,5-2)12-8-9-14(17)13(16)11-12/h8-9,11H,4-7,10H2,1-3H3. The minimum Gasteiger partial charge on any atom is -0.205 e. The SMILES string of the molecule is CCCCCC(C)(CC)c1ccc(F)c(Cl)c1. The minimum atomic E-state index is -0.331. The molecule has 1 rings (SSSR count). The zero-order chi connectivity index (χ0) is 12.9. The summed E-state index contributed by atoms with van der Waals surface area (Å²) in [6, 6.07) is 5.13. The van der Waals surface area contributed by atoms with Gasteiger partial charge in [0.25, 0.3) is 0 Å². The van der Waals surface area contributed by atoms with Gasteiger partial charge in [-0.1, -0.05) is 57.7 Å². The Hall–Kier alpha value is -0.560. The first kappa shape index (κ1) is 14.5. The van der Waals surface area contributed by atoms with Crippen LogP contribution in [-0.4, -0.2) is 0 Å². The third kappa shape index (κ3) is 3.70. The van der Waals surface area contributed by atoms with Crippen molar-refractivity contribution in [1.29, 1.82) is 0 Å². The molecule has 0 saturated carbocycles. The molecule has 0 amide bonds. The van der Waals surface area contributed by atoms with Crippen molar-refractivity contribution in [1.82, 2.24) is 0 Å². The molecule has 17 heavy (non-hydrogen) atoms. The fourth-order valence-electron chi connectivity index (χ4n) is 2.16. The highest BCUT2D eigenvalue weighted by Gasteiger charge is 2.24. The summed E-state index contributed by atoms with van der Waals surface area (Å²) in [5.41, 5.74) is 1.27. The molecule has 2 heteroatoms. The smallest absolute Gasteiger partial charge is 0.141 e. The lowest BCUT2D eigenvalue weighted by Gasteiger charge is -2.29. The molecule has 0 aliphatic carbocycles. The fraction of sp³-hybridized carbons (Fsp3) is 0.600. The lowest BCUT2D eigenvalue weighted by Crippen LogP contribution is -2.20. The van der Waals surface area contributed by atoms with E-state index < -0.39 is 0 Å². The van der Waals surface area contributed by atoms with E-state index >= 15 is 0 Å². The minimum absolute atomic E-state index is 0.118. The summed E-state index contributed by atoms with van der Waals surface area (Å²) >= 11 is 5.86. The Bertz CT molecular complexity index is 362. The van der Waals surface area contributed by atoms with Crippen LogP contribution in [0.4, 0.5) is 4.39 Å². The van der Waals surface area contributed by atoms with Crippen LogP contribution in [0.2, 0.25) is 5.02 Å². The van der Waals surface area contributed by atoms with Gasteiger partial charge in [0.05, 0.1) is 5.02 Å². The predicted octanol–water partition coefficient (Wildman–Crippen LogP) is 5.73. The summed E-state index contributed by atoms with van der Waals surface area (Å²) in [6.07, 6.45) is 5.89. The number of hydrogen-bond donors (Lipinski definition) is 0. The van der Waals surface area contributed by atoms with Crippen molar-refractivity contribution in [3.8, 4) is 0 Å². The third-order valence-corrected chi connectivity index (χ3v) is 4.02. The summed E-state index contributed by atoms with van der Waals surface area (Å²) in [6.45, 7) is 6.63. The Labute approximate surface area is 109 Å². The molecule has 1 aromatic rings. The van der Waals surface area contributed by atoms with Crippen LogP contribution in [0.1, 0.15) is 58.4 Å². The highest BCUT2D eigenvalue weighted by atomic mass is 35.5. The monoisotopic (exact) mass is 256 g/mol. The molecule has 0 nitrogen and oxygen atoms in total. The molecule has 0 N–H and O–H groups in total. The second kappa shape index (κ2) is 6.39. The Morgan fingerprint density at radius 1 is 1.24 bits per heavy atom. The molecular weight excluding hydrogens is 235 g/mol. The summed E-state index contributed by atoms with van der Waals surface area (Å²) < 4.78 is 13.2. The highest BCUT2D eigenvalue weighted by Crippen LogP contribution is 2.34. The lowest BCUT2D eigenvalue weighted by atomic mass is 9.76. The average Bonchev–Trinajstić information content (AvgIpc) is 2.32. The normalized spacial score (nSPS) is 14.6. The van der Waals surface area contributed by atoms with E-state index in [2.05, 4.69) is 20.8 Å². The first-order valence-corrected chi connectivity index (χ1v) is 6.87. The van der Waals surface area contributed by atoms with E-state index in [1.54, 1.807) is 6.07 Å². The van der Waals surface area contributed by atoms with Crippen LogP contribution in [0.5, 0.6) is 0 Å².